The van der Waals surface area contributed by atoms with E-state index in [-0.39, 0.29) is 0 Å². The number of aromatic nitrogens is 1. The Hall–Kier alpha value is -2.26. The lowest BCUT2D eigenvalue weighted by atomic mass is 10.1. The number of hydrogen-bond acceptors (Lipinski definition) is 2. The molecular weight excluding hydrogens is 298 g/mol. The normalized spacial score (nSPS) is 10.9. The Morgan fingerprint density at radius 1 is 1.18 bits per heavy atom. The summed E-state index contributed by atoms with van der Waals surface area (Å²) >= 11 is 5.93. The van der Waals surface area contributed by atoms with Gasteiger partial charge in [-0.1, -0.05) is 23.7 Å². The van der Waals surface area contributed by atoms with Gasteiger partial charge in [-0.2, -0.15) is 0 Å². The van der Waals surface area contributed by atoms with Crippen LogP contribution in [0.2, 0.25) is 5.02 Å². The van der Waals surface area contributed by atoms with Crippen molar-refractivity contribution in [1.29, 1.82) is 0 Å². The third kappa shape index (κ3) is 2.48. The summed E-state index contributed by atoms with van der Waals surface area (Å²) in [4.78, 5) is 11.5. The van der Waals surface area contributed by atoms with Crippen molar-refractivity contribution < 1.29 is 9.53 Å². The molecule has 3 rings (SSSR count). The van der Waals surface area contributed by atoms with E-state index in [1.807, 2.05) is 49.4 Å². The second kappa shape index (κ2) is 5.85. The zero-order valence-corrected chi connectivity index (χ0v) is 13.2. The third-order valence-corrected chi connectivity index (χ3v) is 4.20. The highest BCUT2D eigenvalue weighted by molar-refractivity contribution is 6.30. The predicted octanol–water partition coefficient (Wildman–Crippen LogP) is 4.47. The maximum atomic E-state index is 11.5. The van der Waals surface area contributed by atoms with E-state index in [9.17, 15) is 4.79 Å². The van der Waals surface area contributed by atoms with Crippen molar-refractivity contribution in [3.63, 3.8) is 0 Å². The van der Waals surface area contributed by atoms with Crippen molar-refractivity contribution in [1.82, 2.24) is 4.57 Å². The first-order valence-corrected chi connectivity index (χ1v) is 7.38. The number of methoxy groups -OCH3 is 1. The quantitative estimate of drug-likeness (QED) is 0.665. The Morgan fingerprint density at radius 2 is 1.91 bits per heavy atom. The number of carbonyl (C=O) groups excluding carboxylic acids is 1. The maximum Gasteiger partial charge on any atom is 0.152 e. The fraction of sp³-hybridized carbons (Fsp3) is 0.167. The van der Waals surface area contributed by atoms with E-state index in [4.69, 9.17) is 16.3 Å². The number of hydrogen-bond donors (Lipinski definition) is 0. The van der Waals surface area contributed by atoms with Crippen molar-refractivity contribution >= 4 is 28.8 Å². The van der Waals surface area contributed by atoms with Crippen LogP contribution < -0.4 is 4.74 Å². The zero-order valence-electron chi connectivity index (χ0n) is 12.5. The molecule has 3 aromatic rings. The summed E-state index contributed by atoms with van der Waals surface area (Å²) in [5.74, 6) is 0.749. The molecule has 0 saturated carbocycles. The van der Waals surface area contributed by atoms with Crippen molar-refractivity contribution in [2.75, 3.05) is 7.11 Å². The first-order valence-electron chi connectivity index (χ1n) is 7.00. The molecule has 1 heterocycles. The fourth-order valence-corrected chi connectivity index (χ4v) is 2.87. The van der Waals surface area contributed by atoms with Crippen molar-refractivity contribution in [3.05, 3.63) is 64.3 Å². The molecule has 0 aliphatic carbocycles. The second-order valence-corrected chi connectivity index (χ2v) is 5.65. The number of halogens is 1. The van der Waals surface area contributed by atoms with E-state index in [0.717, 1.165) is 39.2 Å². The molecule has 112 valence electrons. The summed E-state index contributed by atoms with van der Waals surface area (Å²) in [5.41, 5.74) is 3.82. The molecule has 0 spiro atoms. The largest absolute Gasteiger partial charge is 0.497 e. The van der Waals surface area contributed by atoms with Gasteiger partial charge in [0.05, 0.1) is 7.11 Å². The summed E-state index contributed by atoms with van der Waals surface area (Å²) in [6.45, 7) is 2.66. The molecule has 0 N–H and O–H groups in total. The summed E-state index contributed by atoms with van der Waals surface area (Å²) in [6, 6.07) is 13.6. The number of ether oxygens (including phenoxy) is 1. The number of aldehydes is 1. The second-order valence-electron chi connectivity index (χ2n) is 5.21. The lowest BCUT2D eigenvalue weighted by Gasteiger charge is -2.09. The smallest absolute Gasteiger partial charge is 0.152 e. The van der Waals surface area contributed by atoms with Crippen molar-refractivity contribution in [3.8, 4) is 5.75 Å². The van der Waals surface area contributed by atoms with Gasteiger partial charge in [0.25, 0.3) is 0 Å². The molecule has 0 fully saturated rings. The lowest BCUT2D eigenvalue weighted by molar-refractivity contribution is 0.112. The molecule has 0 unspecified atom stereocenters. The topological polar surface area (TPSA) is 31.2 Å². The number of carbonyl (C=O) groups is 1. The minimum absolute atomic E-state index is 0.694. The summed E-state index contributed by atoms with van der Waals surface area (Å²) in [7, 11) is 1.62. The Kier molecular flexibility index (Phi) is 3.90. The standard InChI is InChI=1S/C18H16ClNO2/c1-12-17(11-21)16-9-15(22-2)7-8-18(16)20(12)10-13-3-5-14(19)6-4-13/h3-9,11H,10H2,1-2H3. The molecule has 0 saturated heterocycles. The molecule has 0 bridgehead atoms. The number of benzene rings is 2. The van der Waals surface area contributed by atoms with Gasteiger partial charge in [0.1, 0.15) is 5.75 Å². The molecule has 22 heavy (non-hydrogen) atoms. The van der Waals surface area contributed by atoms with E-state index in [1.165, 1.54) is 0 Å². The van der Waals surface area contributed by atoms with Crippen LogP contribution in [0.1, 0.15) is 21.6 Å². The Balaban J connectivity index is 2.14. The number of fused-ring (bicyclic) bond motifs is 1. The van der Waals surface area contributed by atoms with Crippen LogP contribution in [0.4, 0.5) is 0 Å². The Labute approximate surface area is 134 Å². The minimum atomic E-state index is 0.694. The summed E-state index contributed by atoms with van der Waals surface area (Å²) in [6.07, 6.45) is 0.912. The monoisotopic (exact) mass is 313 g/mol. The van der Waals surface area contributed by atoms with E-state index >= 15 is 0 Å². The van der Waals surface area contributed by atoms with Gasteiger partial charge in [-0.15, -0.1) is 0 Å². The van der Waals surface area contributed by atoms with Crippen LogP contribution in [0.15, 0.2) is 42.5 Å². The van der Waals surface area contributed by atoms with Gasteiger partial charge in [0.15, 0.2) is 6.29 Å². The van der Waals surface area contributed by atoms with E-state index in [1.54, 1.807) is 7.11 Å². The highest BCUT2D eigenvalue weighted by Crippen LogP contribution is 2.29. The van der Waals surface area contributed by atoms with Crippen LogP contribution in [0, 0.1) is 6.92 Å². The molecule has 3 nitrogen and oxygen atoms in total. The van der Waals surface area contributed by atoms with Crippen molar-refractivity contribution in [2.45, 2.75) is 13.5 Å². The third-order valence-electron chi connectivity index (χ3n) is 3.95. The Morgan fingerprint density at radius 3 is 2.55 bits per heavy atom. The molecule has 0 atom stereocenters. The van der Waals surface area contributed by atoms with Gasteiger partial charge < -0.3 is 9.30 Å². The van der Waals surface area contributed by atoms with Crippen LogP contribution in [-0.4, -0.2) is 18.0 Å². The van der Waals surface area contributed by atoms with Crippen LogP contribution in [-0.2, 0) is 6.54 Å². The van der Waals surface area contributed by atoms with Gasteiger partial charge in [0, 0.05) is 33.7 Å². The molecule has 0 aliphatic heterocycles. The molecule has 0 aliphatic rings. The zero-order chi connectivity index (χ0) is 15.7. The molecule has 0 amide bonds. The summed E-state index contributed by atoms with van der Waals surface area (Å²) < 4.78 is 7.40. The van der Waals surface area contributed by atoms with Crippen molar-refractivity contribution in [2.24, 2.45) is 0 Å². The van der Waals surface area contributed by atoms with Gasteiger partial charge >= 0.3 is 0 Å². The SMILES string of the molecule is COc1ccc2c(c1)c(C=O)c(C)n2Cc1ccc(Cl)cc1. The number of nitrogens with zero attached hydrogens (tertiary/aromatic N) is 1. The van der Waals surface area contributed by atoms with E-state index in [0.29, 0.717) is 12.1 Å². The fourth-order valence-electron chi connectivity index (χ4n) is 2.74. The predicted molar refractivity (Wildman–Crippen MR) is 89.2 cm³/mol. The lowest BCUT2D eigenvalue weighted by Crippen LogP contribution is -2.02. The average molecular weight is 314 g/mol. The molecular formula is C18H16ClNO2. The van der Waals surface area contributed by atoms with E-state index in [2.05, 4.69) is 4.57 Å². The number of rotatable bonds is 4. The van der Waals surface area contributed by atoms with Crippen LogP contribution >= 0.6 is 11.6 Å². The first kappa shape index (κ1) is 14.7. The van der Waals surface area contributed by atoms with Gasteiger partial charge in [-0.05, 0) is 42.8 Å². The molecule has 2 aromatic carbocycles. The van der Waals surface area contributed by atoms with Crippen LogP contribution in [0.5, 0.6) is 5.75 Å². The highest BCUT2D eigenvalue weighted by atomic mass is 35.5. The van der Waals surface area contributed by atoms with Gasteiger partial charge in [-0.25, -0.2) is 0 Å². The first-order chi connectivity index (χ1) is 10.6. The van der Waals surface area contributed by atoms with Gasteiger partial charge in [-0.3, -0.25) is 4.79 Å². The Bertz CT molecular complexity index is 834. The maximum absolute atomic E-state index is 11.5. The molecule has 1 aromatic heterocycles. The van der Waals surface area contributed by atoms with Gasteiger partial charge in [0.2, 0.25) is 0 Å². The molecule has 4 heteroatoms. The van der Waals surface area contributed by atoms with Crippen LogP contribution in [0.25, 0.3) is 10.9 Å². The average Bonchev–Trinajstić information content (AvgIpc) is 2.80. The highest BCUT2D eigenvalue weighted by Gasteiger charge is 2.14. The minimum Gasteiger partial charge on any atom is -0.497 e. The summed E-state index contributed by atoms with van der Waals surface area (Å²) in [5, 5.41) is 1.64. The van der Waals surface area contributed by atoms with Crippen LogP contribution in [0.3, 0.4) is 0 Å². The molecule has 0 radical (unpaired) electrons. The van der Waals surface area contributed by atoms with E-state index < -0.39 is 0 Å².